The van der Waals surface area contributed by atoms with Crippen LogP contribution in [0.2, 0.25) is 0 Å². The molecule has 0 spiro atoms. The third-order valence-corrected chi connectivity index (χ3v) is 4.50. The highest BCUT2D eigenvalue weighted by atomic mass is 79.9. The Morgan fingerprint density at radius 2 is 2.11 bits per heavy atom. The number of benzene rings is 1. The summed E-state index contributed by atoms with van der Waals surface area (Å²) in [5.74, 6) is 0.987. The summed E-state index contributed by atoms with van der Waals surface area (Å²) in [6.07, 6.45) is 0. The second-order valence-corrected chi connectivity index (χ2v) is 6.44. The maximum Gasteiger partial charge on any atom is 0.122 e. The fourth-order valence-electron chi connectivity index (χ4n) is 1.75. The van der Waals surface area contributed by atoms with Gasteiger partial charge in [-0.15, -0.1) is 11.3 Å². The van der Waals surface area contributed by atoms with Crippen molar-refractivity contribution in [2.45, 2.75) is 20.4 Å². The number of rotatable bonds is 6. The van der Waals surface area contributed by atoms with Gasteiger partial charge in [0.15, 0.2) is 0 Å². The van der Waals surface area contributed by atoms with Gasteiger partial charge in [0.2, 0.25) is 0 Å². The van der Waals surface area contributed by atoms with Gasteiger partial charge in [0.25, 0.3) is 0 Å². The standard InChI is InChI=1S/C15H18BrNOS/c1-11-3-4-12(2)15(7-11)18-6-5-17-9-14-8-13(16)10-19-14/h3-4,7-8,10,17H,5-6,9H2,1-2H3. The molecule has 2 rings (SSSR count). The number of nitrogens with one attached hydrogen (secondary N) is 1. The van der Waals surface area contributed by atoms with Crippen LogP contribution < -0.4 is 10.1 Å². The van der Waals surface area contributed by atoms with Crippen LogP contribution in [0.4, 0.5) is 0 Å². The summed E-state index contributed by atoms with van der Waals surface area (Å²) >= 11 is 5.22. The lowest BCUT2D eigenvalue weighted by atomic mass is 10.1. The highest BCUT2D eigenvalue weighted by Gasteiger charge is 2.00. The molecule has 0 aliphatic heterocycles. The molecule has 0 radical (unpaired) electrons. The first kappa shape index (κ1) is 14.6. The topological polar surface area (TPSA) is 21.3 Å². The van der Waals surface area contributed by atoms with Crippen molar-refractivity contribution in [2.24, 2.45) is 0 Å². The monoisotopic (exact) mass is 339 g/mol. The Bertz CT molecular complexity index is 539. The highest BCUT2D eigenvalue weighted by Crippen LogP contribution is 2.20. The predicted octanol–water partition coefficient (Wildman–Crippen LogP) is 4.30. The molecule has 1 N–H and O–H groups in total. The van der Waals surface area contributed by atoms with Crippen LogP contribution in [0.5, 0.6) is 5.75 Å². The molecule has 19 heavy (non-hydrogen) atoms. The predicted molar refractivity (Wildman–Crippen MR) is 85.1 cm³/mol. The largest absolute Gasteiger partial charge is 0.492 e. The lowest BCUT2D eigenvalue weighted by molar-refractivity contribution is 0.311. The zero-order chi connectivity index (χ0) is 13.7. The van der Waals surface area contributed by atoms with E-state index in [4.69, 9.17) is 4.74 Å². The molecule has 1 aromatic heterocycles. The van der Waals surface area contributed by atoms with Gasteiger partial charge in [0.05, 0.1) is 0 Å². The van der Waals surface area contributed by atoms with Gasteiger partial charge in [0.1, 0.15) is 12.4 Å². The Labute approximate surface area is 126 Å². The van der Waals surface area contributed by atoms with Crippen LogP contribution in [0.25, 0.3) is 0 Å². The Balaban J connectivity index is 1.70. The van der Waals surface area contributed by atoms with E-state index in [9.17, 15) is 0 Å². The fraction of sp³-hybridized carbons (Fsp3) is 0.333. The summed E-state index contributed by atoms with van der Waals surface area (Å²) in [5.41, 5.74) is 2.42. The summed E-state index contributed by atoms with van der Waals surface area (Å²) in [5, 5.41) is 5.48. The minimum absolute atomic E-state index is 0.691. The summed E-state index contributed by atoms with van der Waals surface area (Å²) in [6.45, 7) is 6.59. The van der Waals surface area contributed by atoms with E-state index in [1.54, 1.807) is 11.3 Å². The van der Waals surface area contributed by atoms with Crippen molar-refractivity contribution in [2.75, 3.05) is 13.2 Å². The Morgan fingerprint density at radius 3 is 2.84 bits per heavy atom. The molecule has 102 valence electrons. The van der Waals surface area contributed by atoms with E-state index >= 15 is 0 Å². The van der Waals surface area contributed by atoms with E-state index in [0.29, 0.717) is 6.61 Å². The van der Waals surface area contributed by atoms with Crippen LogP contribution in [0.1, 0.15) is 16.0 Å². The van der Waals surface area contributed by atoms with Crippen molar-refractivity contribution in [1.82, 2.24) is 5.32 Å². The van der Waals surface area contributed by atoms with Crippen LogP contribution in [0, 0.1) is 13.8 Å². The summed E-state index contributed by atoms with van der Waals surface area (Å²) in [4.78, 5) is 1.33. The van der Waals surface area contributed by atoms with Crippen molar-refractivity contribution in [3.05, 3.63) is 50.1 Å². The number of ether oxygens (including phenoxy) is 1. The number of aryl methyl sites for hydroxylation is 2. The molecule has 0 bridgehead atoms. The molecule has 0 saturated heterocycles. The van der Waals surface area contributed by atoms with Gasteiger partial charge in [-0.25, -0.2) is 0 Å². The Kier molecular flexibility index (Phi) is 5.43. The number of thiophene rings is 1. The van der Waals surface area contributed by atoms with E-state index < -0.39 is 0 Å². The van der Waals surface area contributed by atoms with Gasteiger partial charge in [-0.2, -0.15) is 0 Å². The molecule has 1 heterocycles. The van der Waals surface area contributed by atoms with Crippen LogP contribution in [0.15, 0.2) is 34.1 Å². The van der Waals surface area contributed by atoms with E-state index in [1.165, 1.54) is 16.0 Å². The van der Waals surface area contributed by atoms with Gasteiger partial charge in [-0.05, 0) is 53.0 Å². The van der Waals surface area contributed by atoms with Crippen LogP contribution in [-0.4, -0.2) is 13.2 Å². The highest BCUT2D eigenvalue weighted by molar-refractivity contribution is 9.10. The van der Waals surface area contributed by atoms with E-state index in [-0.39, 0.29) is 0 Å². The third-order valence-electron chi connectivity index (χ3n) is 2.80. The lowest BCUT2D eigenvalue weighted by Crippen LogP contribution is -2.20. The van der Waals surface area contributed by atoms with Crippen molar-refractivity contribution >= 4 is 27.3 Å². The molecule has 0 fully saturated rings. The minimum Gasteiger partial charge on any atom is -0.492 e. The van der Waals surface area contributed by atoms with Gasteiger partial charge < -0.3 is 10.1 Å². The molecular weight excluding hydrogens is 322 g/mol. The zero-order valence-corrected chi connectivity index (χ0v) is 13.6. The summed E-state index contributed by atoms with van der Waals surface area (Å²) in [7, 11) is 0. The second-order valence-electron chi connectivity index (χ2n) is 4.53. The number of hydrogen-bond acceptors (Lipinski definition) is 3. The maximum atomic E-state index is 5.79. The molecule has 0 aliphatic carbocycles. The summed E-state index contributed by atoms with van der Waals surface area (Å²) < 4.78 is 6.95. The first-order valence-corrected chi connectivity index (χ1v) is 7.96. The Hall–Kier alpha value is -0.840. The minimum atomic E-state index is 0.691. The SMILES string of the molecule is Cc1ccc(C)c(OCCNCc2cc(Br)cs2)c1. The van der Waals surface area contributed by atoms with Crippen LogP contribution in [0.3, 0.4) is 0 Å². The molecule has 4 heteroatoms. The second kappa shape index (κ2) is 7.08. The Morgan fingerprint density at radius 1 is 1.26 bits per heavy atom. The van der Waals surface area contributed by atoms with Crippen molar-refractivity contribution in [1.29, 1.82) is 0 Å². The molecule has 1 aromatic carbocycles. The molecule has 0 amide bonds. The van der Waals surface area contributed by atoms with Crippen molar-refractivity contribution in [3.63, 3.8) is 0 Å². The molecule has 2 aromatic rings. The average molecular weight is 340 g/mol. The van der Waals surface area contributed by atoms with Crippen molar-refractivity contribution < 1.29 is 4.74 Å². The summed E-state index contributed by atoms with van der Waals surface area (Å²) in [6, 6.07) is 8.44. The van der Waals surface area contributed by atoms with Crippen LogP contribution >= 0.6 is 27.3 Å². The first-order valence-electron chi connectivity index (χ1n) is 6.29. The lowest BCUT2D eigenvalue weighted by Gasteiger charge is -2.10. The van der Waals surface area contributed by atoms with Crippen molar-refractivity contribution in [3.8, 4) is 5.75 Å². The zero-order valence-electron chi connectivity index (χ0n) is 11.2. The quantitative estimate of drug-likeness (QED) is 0.792. The average Bonchev–Trinajstić information content (AvgIpc) is 2.79. The van der Waals surface area contributed by atoms with Gasteiger partial charge in [-0.1, -0.05) is 12.1 Å². The third kappa shape index (κ3) is 4.64. The molecule has 0 saturated carbocycles. The maximum absolute atomic E-state index is 5.79. The smallest absolute Gasteiger partial charge is 0.122 e. The van der Waals surface area contributed by atoms with E-state index in [1.807, 2.05) is 0 Å². The first-order chi connectivity index (χ1) is 9.15. The molecule has 0 atom stereocenters. The fourth-order valence-corrected chi connectivity index (χ4v) is 3.17. The normalized spacial score (nSPS) is 10.7. The number of halogens is 1. The molecule has 2 nitrogen and oxygen atoms in total. The van der Waals surface area contributed by atoms with E-state index in [2.05, 4.69) is 64.7 Å². The van der Waals surface area contributed by atoms with E-state index in [0.717, 1.165) is 23.3 Å². The molecule has 0 unspecified atom stereocenters. The van der Waals surface area contributed by atoms with Crippen LogP contribution in [-0.2, 0) is 6.54 Å². The number of hydrogen-bond donors (Lipinski definition) is 1. The molecular formula is C15H18BrNOS. The van der Waals surface area contributed by atoms with Gasteiger partial charge in [0, 0.05) is 27.8 Å². The van der Waals surface area contributed by atoms with Gasteiger partial charge >= 0.3 is 0 Å². The van der Waals surface area contributed by atoms with Gasteiger partial charge in [-0.3, -0.25) is 0 Å². The molecule has 0 aliphatic rings.